The first-order valence-electron chi connectivity index (χ1n) is 6.33. The van der Waals surface area contributed by atoms with Crippen LogP contribution in [-0.2, 0) is 0 Å². The Kier molecular flexibility index (Phi) is 3.69. The molecular formula is C15H18N2O2. The van der Waals surface area contributed by atoms with Gasteiger partial charge in [0.15, 0.2) is 5.69 Å². The molecule has 1 amide bonds. The summed E-state index contributed by atoms with van der Waals surface area (Å²) in [6.07, 6.45) is 0. The Labute approximate surface area is 112 Å². The summed E-state index contributed by atoms with van der Waals surface area (Å²) in [5.74, 6) is 0.900. The zero-order valence-electron chi connectivity index (χ0n) is 11.7. The summed E-state index contributed by atoms with van der Waals surface area (Å²) in [6, 6.07) is 7.83. The third-order valence-electron chi connectivity index (χ3n) is 3.21. The van der Waals surface area contributed by atoms with E-state index in [1.807, 2.05) is 31.2 Å². The number of rotatable bonds is 3. The third kappa shape index (κ3) is 2.84. The molecule has 2 aromatic rings. The lowest BCUT2D eigenvalue weighted by Gasteiger charge is -2.07. The second-order valence-corrected chi connectivity index (χ2v) is 4.94. The van der Waals surface area contributed by atoms with Crippen molar-refractivity contribution < 1.29 is 9.32 Å². The highest BCUT2D eigenvalue weighted by molar-refractivity contribution is 6.03. The number of amides is 1. The smallest absolute Gasteiger partial charge is 0.278 e. The predicted octanol–water partition coefficient (Wildman–Crippen LogP) is 3.67. The molecular weight excluding hydrogens is 240 g/mol. The zero-order chi connectivity index (χ0) is 14.0. The highest BCUT2D eigenvalue weighted by Crippen LogP contribution is 2.18. The van der Waals surface area contributed by atoms with Gasteiger partial charge in [0.1, 0.15) is 5.76 Å². The molecule has 0 atom stereocenters. The Balaban J connectivity index is 2.13. The van der Waals surface area contributed by atoms with Crippen LogP contribution in [0.15, 0.2) is 28.8 Å². The summed E-state index contributed by atoms with van der Waals surface area (Å²) in [4.78, 5) is 12.0. The minimum absolute atomic E-state index is 0.244. The van der Waals surface area contributed by atoms with Crippen LogP contribution in [0, 0.1) is 13.8 Å². The molecule has 0 aliphatic rings. The van der Waals surface area contributed by atoms with E-state index < -0.39 is 0 Å². The molecule has 0 spiro atoms. The molecule has 0 bridgehead atoms. The molecule has 2 rings (SSSR count). The van der Waals surface area contributed by atoms with Gasteiger partial charge in [0.25, 0.3) is 5.91 Å². The monoisotopic (exact) mass is 258 g/mol. The van der Waals surface area contributed by atoms with Crippen molar-refractivity contribution in [1.29, 1.82) is 0 Å². The molecule has 0 radical (unpaired) electrons. The molecule has 1 aromatic heterocycles. The summed E-state index contributed by atoms with van der Waals surface area (Å²) in [5.41, 5.74) is 3.11. The van der Waals surface area contributed by atoms with E-state index in [0.717, 1.165) is 11.3 Å². The SMILES string of the molecule is Cc1onc(C(=O)Nc2ccc(C(C)C)cc2)c1C. The number of anilines is 1. The normalized spacial score (nSPS) is 10.8. The van der Waals surface area contributed by atoms with E-state index in [1.165, 1.54) is 5.56 Å². The van der Waals surface area contributed by atoms with Crippen LogP contribution >= 0.6 is 0 Å². The van der Waals surface area contributed by atoms with Crippen molar-refractivity contribution in [2.75, 3.05) is 5.32 Å². The first-order chi connectivity index (χ1) is 8.99. The van der Waals surface area contributed by atoms with Crippen LogP contribution in [0.5, 0.6) is 0 Å². The van der Waals surface area contributed by atoms with Crippen molar-refractivity contribution in [3.05, 3.63) is 46.8 Å². The van der Waals surface area contributed by atoms with Gasteiger partial charge in [-0.3, -0.25) is 4.79 Å². The number of nitrogens with zero attached hydrogens (tertiary/aromatic N) is 1. The van der Waals surface area contributed by atoms with Crippen molar-refractivity contribution in [3.8, 4) is 0 Å². The first kappa shape index (κ1) is 13.3. The molecule has 0 fully saturated rings. The molecule has 0 aliphatic heterocycles. The van der Waals surface area contributed by atoms with E-state index >= 15 is 0 Å². The lowest BCUT2D eigenvalue weighted by atomic mass is 10.0. The minimum Gasteiger partial charge on any atom is -0.361 e. The number of carbonyl (C=O) groups excluding carboxylic acids is 1. The molecule has 1 heterocycles. The van der Waals surface area contributed by atoms with Crippen molar-refractivity contribution in [1.82, 2.24) is 5.16 Å². The van der Waals surface area contributed by atoms with Crippen molar-refractivity contribution in [2.45, 2.75) is 33.6 Å². The minimum atomic E-state index is -0.244. The standard InChI is InChI=1S/C15H18N2O2/c1-9(2)12-5-7-13(8-6-12)16-15(18)14-10(3)11(4)19-17-14/h5-9H,1-4H3,(H,16,18). The van der Waals surface area contributed by atoms with E-state index in [0.29, 0.717) is 17.4 Å². The molecule has 0 saturated heterocycles. The van der Waals surface area contributed by atoms with Gasteiger partial charge in [0, 0.05) is 11.3 Å². The van der Waals surface area contributed by atoms with E-state index in [2.05, 4.69) is 24.3 Å². The zero-order valence-corrected chi connectivity index (χ0v) is 11.7. The van der Waals surface area contributed by atoms with Gasteiger partial charge < -0.3 is 9.84 Å². The average molecular weight is 258 g/mol. The number of benzene rings is 1. The van der Waals surface area contributed by atoms with Crippen molar-refractivity contribution >= 4 is 11.6 Å². The molecule has 19 heavy (non-hydrogen) atoms. The van der Waals surface area contributed by atoms with E-state index in [-0.39, 0.29) is 5.91 Å². The second-order valence-electron chi connectivity index (χ2n) is 4.94. The predicted molar refractivity (Wildman–Crippen MR) is 74.5 cm³/mol. The third-order valence-corrected chi connectivity index (χ3v) is 3.21. The summed E-state index contributed by atoms with van der Waals surface area (Å²) in [7, 11) is 0. The Morgan fingerprint density at radius 2 is 1.84 bits per heavy atom. The summed E-state index contributed by atoms with van der Waals surface area (Å²) in [5, 5.41) is 6.59. The fourth-order valence-electron chi connectivity index (χ4n) is 1.77. The molecule has 1 aromatic carbocycles. The van der Waals surface area contributed by atoms with Crippen LogP contribution in [0.3, 0.4) is 0 Å². The van der Waals surface area contributed by atoms with Crippen LogP contribution < -0.4 is 5.32 Å². The van der Waals surface area contributed by atoms with E-state index in [9.17, 15) is 4.79 Å². The van der Waals surface area contributed by atoms with Crippen LogP contribution in [0.4, 0.5) is 5.69 Å². The number of hydrogen-bond acceptors (Lipinski definition) is 3. The quantitative estimate of drug-likeness (QED) is 0.913. The summed E-state index contributed by atoms with van der Waals surface area (Å²) >= 11 is 0. The number of carbonyl (C=O) groups is 1. The highest BCUT2D eigenvalue weighted by Gasteiger charge is 2.16. The largest absolute Gasteiger partial charge is 0.361 e. The van der Waals surface area contributed by atoms with Crippen molar-refractivity contribution in [2.24, 2.45) is 0 Å². The van der Waals surface area contributed by atoms with Crippen molar-refractivity contribution in [3.63, 3.8) is 0 Å². The first-order valence-corrected chi connectivity index (χ1v) is 6.33. The van der Waals surface area contributed by atoms with E-state index in [1.54, 1.807) is 6.92 Å². The molecule has 0 aliphatic carbocycles. The topological polar surface area (TPSA) is 55.1 Å². The number of aromatic nitrogens is 1. The molecule has 4 heteroatoms. The molecule has 100 valence electrons. The van der Waals surface area contributed by atoms with Crippen LogP contribution in [-0.4, -0.2) is 11.1 Å². The number of nitrogens with one attached hydrogen (secondary N) is 1. The van der Waals surface area contributed by atoms with E-state index in [4.69, 9.17) is 4.52 Å². The Hall–Kier alpha value is -2.10. The highest BCUT2D eigenvalue weighted by atomic mass is 16.5. The van der Waals surface area contributed by atoms with Gasteiger partial charge in [-0.15, -0.1) is 0 Å². The lowest BCUT2D eigenvalue weighted by molar-refractivity contribution is 0.101. The molecule has 0 unspecified atom stereocenters. The fraction of sp³-hybridized carbons (Fsp3) is 0.333. The number of hydrogen-bond donors (Lipinski definition) is 1. The molecule has 0 saturated carbocycles. The maximum atomic E-state index is 12.0. The lowest BCUT2D eigenvalue weighted by Crippen LogP contribution is -2.13. The van der Waals surface area contributed by atoms with Gasteiger partial charge in [-0.2, -0.15) is 0 Å². The van der Waals surface area contributed by atoms with Gasteiger partial charge >= 0.3 is 0 Å². The Morgan fingerprint density at radius 1 is 1.21 bits per heavy atom. The molecule has 4 nitrogen and oxygen atoms in total. The maximum absolute atomic E-state index is 12.0. The number of aryl methyl sites for hydroxylation is 1. The van der Waals surface area contributed by atoms with Crippen LogP contribution in [0.2, 0.25) is 0 Å². The Bertz CT molecular complexity index is 583. The summed E-state index contributed by atoms with van der Waals surface area (Å²) in [6.45, 7) is 7.88. The summed E-state index contributed by atoms with van der Waals surface area (Å²) < 4.78 is 4.99. The van der Waals surface area contributed by atoms with Crippen LogP contribution in [0.25, 0.3) is 0 Å². The van der Waals surface area contributed by atoms with Gasteiger partial charge in [0.05, 0.1) is 0 Å². The van der Waals surface area contributed by atoms with Crippen LogP contribution in [0.1, 0.15) is 47.1 Å². The second kappa shape index (κ2) is 5.26. The Morgan fingerprint density at radius 3 is 2.32 bits per heavy atom. The maximum Gasteiger partial charge on any atom is 0.278 e. The van der Waals surface area contributed by atoms with Gasteiger partial charge in [-0.1, -0.05) is 31.1 Å². The van der Waals surface area contributed by atoms with Gasteiger partial charge in [0.2, 0.25) is 0 Å². The fourth-order valence-corrected chi connectivity index (χ4v) is 1.77. The average Bonchev–Trinajstić information content (AvgIpc) is 2.70. The van der Waals surface area contributed by atoms with Gasteiger partial charge in [-0.25, -0.2) is 0 Å². The molecule has 1 N–H and O–H groups in total. The van der Waals surface area contributed by atoms with Gasteiger partial charge in [-0.05, 0) is 37.5 Å².